The first-order valence-corrected chi connectivity index (χ1v) is 7.44. The van der Waals surface area contributed by atoms with Crippen molar-refractivity contribution >= 4 is 42.1 Å². The molecule has 0 bridgehead atoms. The summed E-state index contributed by atoms with van der Waals surface area (Å²) in [5.41, 5.74) is 2.37. The Balaban J connectivity index is 0.00000200. The Morgan fingerprint density at radius 1 is 1.48 bits per heavy atom. The number of aromatic nitrogens is 1. The third-order valence-electron chi connectivity index (χ3n) is 3.66. The van der Waals surface area contributed by atoms with Crippen LogP contribution < -0.4 is 5.32 Å². The van der Waals surface area contributed by atoms with Gasteiger partial charge in [-0.3, -0.25) is 4.79 Å². The van der Waals surface area contributed by atoms with E-state index in [-0.39, 0.29) is 36.1 Å². The molecule has 1 aliphatic heterocycles. The fraction of sp³-hybridized carbons (Fsp3) is 0.692. The average Bonchev–Trinajstić information content (AvgIpc) is 2.92. The lowest BCUT2D eigenvalue weighted by Crippen LogP contribution is -2.50. The van der Waals surface area contributed by atoms with E-state index in [4.69, 9.17) is 4.74 Å². The molecule has 0 aromatic carbocycles. The quantitative estimate of drug-likeness (QED) is 0.876. The van der Waals surface area contributed by atoms with Gasteiger partial charge < -0.3 is 15.0 Å². The number of hydrogen-bond acceptors (Lipinski definition) is 5. The molecule has 2 heterocycles. The molecule has 1 saturated heterocycles. The van der Waals surface area contributed by atoms with Gasteiger partial charge in [-0.2, -0.15) is 0 Å². The van der Waals surface area contributed by atoms with E-state index in [1.165, 1.54) is 0 Å². The number of carbonyl (C=O) groups excluding carboxylic acids is 1. The lowest BCUT2D eigenvalue weighted by atomic mass is 9.78. The highest BCUT2D eigenvalue weighted by Gasteiger charge is 2.41. The first-order valence-electron chi connectivity index (χ1n) is 6.50. The minimum absolute atomic E-state index is 0. The van der Waals surface area contributed by atoms with Gasteiger partial charge >= 0.3 is 0 Å². The molecule has 1 aromatic heterocycles. The second-order valence-corrected chi connectivity index (χ2v) is 5.82. The zero-order chi connectivity index (χ0) is 13.7. The molecule has 0 atom stereocenters. The van der Waals surface area contributed by atoms with Gasteiger partial charge in [0.15, 0.2) is 0 Å². The third-order valence-corrected chi connectivity index (χ3v) is 4.30. The van der Waals surface area contributed by atoms with Crippen molar-refractivity contribution < 1.29 is 9.53 Å². The summed E-state index contributed by atoms with van der Waals surface area (Å²) in [4.78, 5) is 18.7. The maximum absolute atomic E-state index is 12.7. The number of piperidine rings is 1. The molecule has 0 radical (unpaired) electrons. The second kappa shape index (κ2) is 9.58. The summed E-state index contributed by atoms with van der Waals surface area (Å²) in [7, 11) is 3.51. The number of nitrogens with one attached hydrogen (secondary N) is 1. The SMILES string of the molecule is COCC1(C(=O)N(C)Cc2cscn2)CCNCC1.Cl.Cl. The molecule has 1 aromatic rings. The van der Waals surface area contributed by atoms with Crippen LogP contribution in [0.3, 0.4) is 0 Å². The highest BCUT2D eigenvalue weighted by Crippen LogP contribution is 2.31. The van der Waals surface area contributed by atoms with E-state index in [1.807, 2.05) is 12.4 Å². The van der Waals surface area contributed by atoms with E-state index in [9.17, 15) is 4.79 Å². The van der Waals surface area contributed by atoms with Gasteiger partial charge in [-0.1, -0.05) is 0 Å². The van der Waals surface area contributed by atoms with Crippen molar-refractivity contribution in [2.24, 2.45) is 5.41 Å². The van der Waals surface area contributed by atoms with Crippen molar-refractivity contribution in [1.82, 2.24) is 15.2 Å². The van der Waals surface area contributed by atoms with E-state index in [0.29, 0.717) is 13.2 Å². The number of ether oxygens (including phenoxy) is 1. The van der Waals surface area contributed by atoms with Crippen LogP contribution in [-0.2, 0) is 16.1 Å². The zero-order valence-electron chi connectivity index (χ0n) is 12.3. The Kier molecular flexibility index (Phi) is 9.40. The second-order valence-electron chi connectivity index (χ2n) is 5.10. The van der Waals surface area contributed by atoms with E-state index in [2.05, 4.69) is 10.3 Å². The zero-order valence-corrected chi connectivity index (χ0v) is 14.8. The molecule has 1 fully saturated rings. The number of halogens is 2. The van der Waals surface area contributed by atoms with Crippen LogP contribution in [0, 0.1) is 5.41 Å². The Labute approximate surface area is 142 Å². The Bertz CT molecular complexity index is 406. The normalized spacial score (nSPS) is 16.5. The van der Waals surface area contributed by atoms with Gasteiger partial charge in [0.2, 0.25) is 5.91 Å². The molecule has 0 unspecified atom stereocenters. The number of thiazole rings is 1. The van der Waals surface area contributed by atoms with Crippen molar-refractivity contribution in [2.45, 2.75) is 19.4 Å². The van der Waals surface area contributed by atoms with Crippen LogP contribution in [0.25, 0.3) is 0 Å². The molecule has 0 aliphatic carbocycles. The van der Waals surface area contributed by atoms with Crippen LogP contribution in [0.2, 0.25) is 0 Å². The van der Waals surface area contributed by atoms with Gasteiger partial charge in [-0.15, -0.1) is 36.2 Å². The van der Waals surface area contributed by atoms with Crippen LogP contribution in [0.1, 0.15) is 18.5 Å². The summed E-state index contributed by atoms with van der Waals surface area (Å²) in [5, 5.41) is 5.28. The van der Waals surface area contributed by atoms with Crippen LogP contribution in [-0.4, -0.2) is 49.6 Å². The topological polar surface area (TPSA) is 54.5 Å². The smallest absolute Gasteiger partial charge is 0.231 e. The molecule has 1 aliphatic rings. The predicted octanol–water partition coefficient (Wildman–Crippen LogP) is 1.96. The Hall–Kier alpha value is -0.400. The van der Waals surface area contributed by atoms with Crippen molar-refractivity contribution in [3.8, 4) is 0 Å². The molecule has 2 rings (SSSR count). The molecule has 122 valence electrons. The summed E-state index contributed by atoms with van der Waals surface area (Å²) >= 11 is 1.55. The number of hydrogen-bond donors (Lipinski definition) is 1. The number of methoxy groups -OCH3 is 1. The lowest BCUT2D eigenvalue weighted by molar-refractivity contribution is -0.146. The minimum Gasteiger partial charge on any atom is -0.384 e. The standard InChI is InChI=1S/C13H21N3O2S.2ClH/c1-16(7-11-8-19-10-15-11)12(17)13(9-18-2)3-5-14-6-4-13;;/h8,10,14H,3-7,9H2,1-2H3;2*1H. The number of amides is 1. The maximum Gasteiger partial charge on any atom is 0.231 e. The Morgan fingerprint density at radius 3 is 2.67 bits per heavy atom. The fourth-order valence-electron chi connectivity index (χ4n) is 2.64. The number of carbonyl (C=O) groups is 1. The van der Waals surface area contributed by atoms with E-state index < -0.39 is 0 Å². The van der Waals surface area contributed by atoms with Gasteiger partial charge in [-0.05, 0) is 25.9 Å². The number of rotatable bonds is 5. The van der Waals surface area contributed by atoms with E-state index >= 15 is 0 Å². The summed E-state index contributed by atoms with van der Waals surface area (Å²) in [6.07, 6.45) is 1.67. The molecule has 8 heteroatoms. The molecule has 1 amide bonds. The van der Waals surface area contributed by atoms with Crippen LogP contribution in [0.5, 0.6) is 0 Å². The van der Waals surface area contributed by atoms with Crippen molar-refractivity contribution in [3.63, 3.8) is 0 Å². The van der Waals surface area contributed by atoms with Crippen LogP contribution >= 0.6 is 36.2 Å². The summed E-state index contributed by atoms with van der Waals surface area (Å²) in [5.74, 6) is 0.170. The van der Waals surface area contributed by atoms with Gasteiger partial charge in [0.1, 0.15) is 0 Å². The summed E-state index contributed by atoms with van der Waals surface area (Å²) in [6.45, 7) is 2.81. The average molecular weight is 356 g/mol. The molecular formula is C13H23Cl2N3O2S. The highest BCUT2D eigenvalue weighted by atomic mass is 35.5. The van der Waals surface area contributed by atoms with Crippen LogP contribution in [0.15, 0.2) is 10.9 Å². The molecule has 1 N–H and O–H groups in total. The maximum atomic E-state index is 12.7. The monoisotopic (exact) mass is 355 g/mol. The fourth-order valence-corrected chi connectivity index (χ4v) is 3.19. The van der Waals surface area contributed by atoms with Crippen molar-refractivity contribution in [3.05, 3.63) is 16.6 Å². The molecular weight excluding hydrogens is 333 g/mol. The molecule has 21 heavy (non-hydrogen) atoms. The molecule has 0 spiro atoms. The van der Waals surface area contributed by atoms with Gasteiger partial charge in [0, 0.05) is 19.5 Å². The first kappa shape index (κ1) is 20.6. The molecule has 5 nitrogen and oxygen atoms in total. The lowest BCUT2D eigenvalue weighted by Gasteiger charge is -2.38. The van der Waals surface area contributed by atoms with Gasteiger partial charge in [-0.25, -0.2) is 4.98 Å². The highest BCUT2D eigenvalue weighted by molar-refractivity contribution is 7.07. The van der Waals surface area contributed by atoms with E-state index in [0.717, 1.165) is 31.6 Å². The largest absolute Gasteiger partial charge is 0.384 e. The Morgan fingerprint density at radius 2 is 2.14 bits per heavy atom. The van der Waals surface area contributed by atoms with Gasteiger partial charge in [0.05, 0.1) is 29.8 Å². The van der Waals surface area contributed by atoms with Crippen molar-refractivity contribution in [2.75, 3.05) is 33.9 Å². The number of nitrogens with zero attached hydrogens (tertiary/aromatic N) is 2. The summed E-state index contributed by atoms with van der Waals surface area (Å²) in [6, 6.07) is 0. The summed E-state index contributed by atoms with van der Waals surface area (Å²) < 4.78 is 5.30. The minimum atomic E-state index is -0.370. The predicted molar refractivity (Wildman–Crippen MR) is 89.5 cm³/mol. The van der Waals surface area contributed by atoms with E-state index in [1.54, 1.807) is 28.9 Å². The molecule has 0 saturated carbocycles. The van der Waals surface area contributed by atoms with Crippen LogP contribution in [0.4, 0.5) is 0 Å². The third kappa shape index (κ3) is 5.07. The van der Waals surface area contributed by atoms with Gasteiger partial charge in [0.25, 0.3) is 0 Å². The van der Waals surface area contributed by atoms with Crippen molar-refractivity contribution in [1.29, 1.82) is 0 Å². The first-order chi connectivity index (χ1) is 9.18.